The van der Waals surface area contributed by atoms with Crippen molar-refractivity contribution in [2.24, 2.45) is 0 Å². The Balaban J connectivity index is 3.39. The summed E-state index contributed by atoms with van der Waals surface area (Å²) in [6.07, 6.45) is 4.42. The van der Waals surface area contributed by atoms with E-state index < -0.39 is 19.7 Å². The van der Waals surface area contributed by atoms with Crippen LogP contribution in [0.4, 0.5) is 0 Å². The summed E-state index contributed by atoms with van der Waals surface area (Å²) in [6.45, 7) is 0.417. The number of phosphoric acid groups is 1. The molecule has 110 valence electrons. The van der Waals surface area contributed by atoms with Crippen LogP contribution in [0.2, 0.25) is 0 Å². The molecule has 0 aromatic carbocycles. The lowest BCUT2D eigenvalue weighted by molar-refractivity contribution is -0.131. The minimum absolute atomic E-state index is 0.00200. The van der Waals surface area contributed by atoms with E-state index in [2.05, 4.69) is 9.84 Å². The van der Waals surface area contributed by atoms with E-state index in [1.807, 2.05) is 0 Å². The molecule has 0 atom stereocenters. The van der Waals surface area contributed by atoms with Gasteiger partial charge in [0, 0.05) is 18.7 Å². The molecule has 0 aromatic rings. The molecule has 19 heavy (non-hydrogen) atoms. The summed E-state index contributed by atoms with van der Waals surface area (Å²) in [7, 11) is -4.37. The van der Waals surface area contributed by atoms with Crippen molar-refractivity contribution in [2.45, 2.75) is 25.7 Å². The van der Waals surface area contributed by atoms with Gasteiger partial charge < -0.3 is 20.2 Å². The maximum atomic E-state index is 11.0. The fraction of sp³-hybridized carbons (Fsp3) is 0.600. The van der Waals surface area contributed by atoms with Crippen molar-refractivity contribution >= 4 is 19.7 Å². The first kappa shape index (κ1) is 17.8. The number of carbonyl (C=O) groups is 2. The normalized spacial score (nSPS) is 11.7. The molecule has 0 saturated heterocycles. The van der Waals surface area contributed by atoms with Crippen LogP contribution in [0, 0.1) is 0 Å². The van der Waals surface area contributed by atoms with E-state index in [1.165, 1.54) is 0 Å². The number of hydrogen-bond donors (Lipinski definition) is 4. The number of carboxylic acids is 1. The van der Waals surface area contributed by atoms with Crippen LogP contribution in [-0.4, -0.2) is 39.9 Å². The zero-order valence-electron chi connectivity index (χ0n) is 10.3. The number of carbonyl (C=O) groups excluding carboxylic acids is 1. The van der Waals surface area contributed by atoms with Crippen LogP contribution in [0.25, 0.3) is 0 Å². The highest BCUT2D eigenvalue weighted by Gasteiger charge is 2.12. The standard InChI is InChI=1S/C10H18NO7P/c12-9(5-6-10(13)14)11-7-3-1-2-4-8-18-19(15,16)17/h5-6H,1-4,7-8H2,(H,11,12)(H,13,14)(H2,15,16,17)/b6-5-. The van der Waals surface area contributed by atoms with Gasteiger partial charge in [-0.25, -0.2) is 9.36 Å². The smallest absolute Gasteiger partial charge is 0.469 e. The third-order valence-corrected chi connectivity index (χ3v) is 2.53. The van der Waals surface area contributed by atoms with Gasteiger partial charge in [-0.15, -0.1) is 0 Å². The van der Waals surface area contributed by atoms with Crippen LogP contribution in [0.5, 0.6) is 0 Å². The largest absolute Gasteiger partial charge is 0.478 e. The predicted molar refractivity (Wildman–Crippen MR) is 66.2 cm³/mol. The third kappa shape index (κ3) is 14.7. The number of phosphoric ester groups is 1. The Labute approximate surface area is 110 Å². The SMILES string of the molecule is O=C(O)/C=C\C(=O)NCCCCCCOP(=O)(O)O. The van der Waals surface area contributed by atoms with Crippen LogP contribution in [0.1, 0.15) is 25.7 Å². The maximum Gasteiger partial charge on any atom is 0.469 e. The second-order valence-corrected chi connectivity index (χ2v) is 4.94. The van der Waals surface area contributed by atoms with Crippen molar-refractivity contribution in [1.82, 2.24) is 5.32 Å². The van der Waals surface area contributed by atoms with Crippen LogP contribution in [0.3, 0.4) is 0 Å². The van der Waals surface area contributed by atoms with Gasteiger partial charge >= 0.3 is 13.8 Å². The lowest BCUT2D eigenvalue weighted by Gasteiger charge is -2.05. The molecule has 1 amide bonds. The molecular formula is C10H18NO7P. The van der Waals surface area contributed by atoms with Gasteiger partial charge in [0.1, 0.15) is 0 Å². The number of nitrogens with one attached hydrogen (secondary N) is 1. The van der Waals surface area contributed by atoms with Crippen molar-refractivity contribution in [3.8, 4) is 0 Å². The molecule has 0 aromatic heterocycles. The molecule has 0 radical (unpaired) electrons. The van der Waals surface area contributed by atoms with E-state index >= 15 is 0 Å². The number of aliphatic carboxylic acids is 1. The van der Waals surface area contributed by atoms with E-state index in [9.17, 15) is 14.2 Å². The van der Waals surface area contributed by atoms with Crippen LogP contribution < -0.4 is 5.32 Å². The van der Waals surface area contributed by atoms with Gasteiger partial charge in [0.25, 0.3) is 0 Å². The monoisotopic (exact) mass is 295 g/mol. The summed E-state index contributed by atoms with van der Waals surface area (Å²) in [5.74, 6) is -1.65. The minimum Gasteiger partial charge on any atom is -0.478 e. The lowest BCUT2D eigenvalue weighted by Crippen LogP contribution is -2.22. The van der Waals surface area contributed by atoms with Crippen molar-refractivity contribution in [1.29, 1.82) is 0 Å². The average molecular weight is 295 g/mol. The summed E-state index contributed by atoms with van der Waals surface area (Å²) in [5.41, 5.74) is 0. The minimum atomic E-state index is -4.37. The fourth-order valence-corrected chi connectivity index (χ4v) is 1.55. The molecule has 9 heteroatoms. The first-order valence-corrected chi connectivity index (χ1v) is 7.23. The molecule has 8 nitrogen and oxygen atoms in total. The summed E-state index contributed by atoms with van der Waals surface area (Å²) >= 11 is 0. The van der Waals surface area contributed by atoms with Crippen molar-refractivity contribution < 1.29 is 33.6 Å². The summed E-state index contributed by atoms with van der Waals surface area (Å²) in [6, 6.07) is 0. The molecule has 0 spiro atoms. The molecular weight excluding hydrogens is 277 g/mol. The number of hydrogen-bond acceptors (Lipinski definition) is 4. The quantitative estimate of drug-likeness (QED) is 0.260. The fourth-order valence-electron chi connectivity index (χ4n) is 1.18. The Bertz CT molecular complexity index is 363. The number of carboxylic acid groups (broad SMARTS) is 1. The second kappa shape index (κ2) is 9.69. The summed E-state index contributed by atoms with van der Waals surface area (Å²) in [4.78, 5) is 37.9. The van der Waals surface area contributed by atoms with E-state index in [0.717, 1.165) is 25.0 Å². The Morgan fingerprint density at radius 1 is 1.11 bits per heavy atom. The van der Waals surface area contributed by atoms with Gasteiger partial charge in [0.15, 0.2) is 0 Å². The Morgan fingerprint density at radius 3 is 2.32 bits per heavy atom. The van der Waals surface area contributed by atoms with Crippen LogP contribution >= 0.6 is 7.82 Å². The van der Waals surface area contributed by atoms with Gasteiger partial charge in [0.05, 0.1) is 6.61 Å². The van der Waals surface area contributed by atoms with E-state index in [0.29, 0.717) is 19.4 Å². The van der Waals surface area contributed by atoms with Crippen LogP contribution in [0.15, 0.2) is 12.2 Å². The molecule has 0 bridgehead atoms. The number of amides is 1. The van der Waals surface area contributed by atoms with Crippen molar-refractivity contribution in [3.05, 3.63) is 12.2 Å². The molecule has 4 N–H and O–H groups in total. The predicted octanol–water partition coefficient (Wildman–Crippen LogP) is 0.413. The molecule has 0 saturated carbocycles. The molecule has 0 unspecified atom stereocenters. The first-order valence-electron chi connectivity index (χ1n) is 5.70. The Kier molecular flexibility index (Phi) is 9.07. The highest BCUT2D eigenvalue weighted by molar-refractivity contribution is 7.46. The van der Waals surface area contributed by atoms with E-state index in [-0.39, 0.29) is 6.61 Å². The van der Waals surface area contributed by atoms with Gasteiger partial charge in [-0.2, -0.15) is 0 Å². The zero-order valence-corrected chi connectivity index (χ0v) is 11.2. The molecule has 0 fully saturated rings. The van der Waals surface area contributed by atoms with E-state index in [4.69, 9.17) is 14.9 Å². The Morgan fingerprint density at radius 2 is 1.74 bits per heavy atom. The maximum absolute atomic E-state index is 11.0. The van der Waals surface area contributed by atoms with Gasteiger partial charge in [-0.3, -0.25) is 9.32 Å². The topological polar surface area (TPSA) is 133 Å². The highest BCUT2D eigenvalue weighted by Crippen LogP contribution is 2.35. The lowest BCUT2D eigenvalue weighted by atomic mass is 10.2. The Hall–Kier alpha value is -1.21. The van der Waals surface area contributed by atoms with Gasteiger partial charge in [-0.1, -0.05) is 12.8 Å². The van der Waals surface area contributed by atoms with E-state index in [1.54, 1.807) is 0 Å². The van der Waals surface area contributed by atoms with Crippen molar-refractivity contribution in [2.75, 3.05) is 13.2 Å². The summed E-state index contributed by atoms with van der Waals surface area (Å²) in [5, 5.41) is 10.8. The zero-order chi connectivity index (χ0) is 14.7. The van der Waals surface area contributed by atoms with Gasteiger partial charge in [0.2, 0.25) is 5.91 Å². The molecule has 0 aliphatic rings. The molecule has 0 aliphatic heterocycles. The first-order chi connectivity index (χ1) is 8.81. The summed E-state index contributed by atoms with van der Waals surface area (Å²) < 4.78 is 14.6. The van der Waals surface area contributed by atoms with Crippen LogP contribution in [-0.2, 0) is 18.7 Å². The molecule has 0 rings (SSSR count). The van der Waals surface area contributed by atoms with Gasteiger partial charge in [-0.05, 0) is 12.8 Å². The second-order valence-electron chi connectivity index (χ2n) is 3.70. The van der Waals surface area contributed by atoms with Crippen molar-refractivity contribution in [3.63, 3.8) is 0 Å². The molecule has 0 aliphatic carbocycles. The number of rotatable bonds is 10. The molecule has 0 heterocycles. The average Bonchev–Trinajstić information content (AvgIpc) is 2.28. The highest BCUT2D eigenvalue weighted by atomic mass is 31.2. The third-order valence-electron chi connectivity index (χ3n) is 2.01. The number of unbranched alkanes of at least 4 members (excludes halogenated alkanes) is 3.